The number of aromatic nitrogens is 2. The maximum absolute atomic E-state index is 12.5. The van der Waals surface area contributed by atoms with E-state index in [4.69, 9.17) is 16.3 Å². The van der Waals surface area contributed by atoms with E-state index in [1.54, 1.807) is 49.4 Å². The average molecular weight is 358 g/mol. The summed E-state index contributed by atoms with van der Waals surface area (Å²) in [5.41, 5.74) is 3.60. The third kappa shape index (κ3) is 3.64. The van der Waals surface area contributed by atoms with Crippen LogP contribution in [0.5, 0.6) is 5.75 Å². The van der Waals surface area contributed by atoms with Crippen LogP contribution in [0.2, 0.25) is 5.02 Å². The molecular formula is C18H16ClN3O3. The minimum Gasteiger partial charge on any atom is -0.483 e. The fourth-order valence-corrected chi connectivity index (χ4v) is 2.68. The standard InChI is InChI=1S/C18H16ClN3O3/c1-11-9-13(19)7-8-16(11)25-10-17(23)21-22-12(2)20-15-6-4-3-5-14(15)18(22)24/h3-9H,10H2,1-2H3,(H,21,23). The summed E-state index contributed by atoms with van der Waals surface area (Å²) >= 11 is 5.89. The Balaban J connectivity index is 1.77. The normalized spacial score (nSPS) is 10.7. The van der Waals surface area contributed by atoms with Crippen LogP contribution in [0.1, 0.15) is 11.4 Å². The van der Waals surface area contributed by atoms with E-state index in [9.17, 15) is 9.59 Å². The SMILES string of the molecule is Cc1cc(Cl)ccc1OCC(=O)Nn1c(C)nc2ccccc2c1=O. The van der Waals surface area contributed by atoms with Crippen LogP contribution in [0.3, 0.4) is 0 Å². The van der Waals surface area contributed by atoms with Gasteiger partial charge in [-0.3, -0.25) is 15.0 Å². The molecule has 0 radical (unpaired) electrons. The van der Waals surface area contributed by atoms with Gasteiger partial charge in [0.1, 0.15) is 11.6 Å². The summed E-state index contributed by atoms with van der Waals surface area (Å²) in [6, 6.07) is 12.1. The van der Waals surface area contributed by atoms with Crippen LogP contribution in [-0.4, -0.2) is 22.2 Å². The molecule has 2 aromatic carbocycles. The number of amides is 1. The van der Waals surface area contributed by atoms with Crippen molar-refractivity contribution in [3.8, 4) is 5.75 Å². The van der Waals surface area contributed by atoms with E-state index in [1.807, 2.05) is 6.92 Å². The molecule has 1 amide bonds. The van der Waals surface area contributed by atoms with E-state index in [1.165, 1.54) is 0 Å². The average Bonchev–Trinajstić information content (AvgIpc) is 2.58. The minimum atomic E-state index is -0.461. The number of ether oxygens (including phenoxy) is 1. The monoisotopic (exact) mass is 357 g/mol. The molecule has 25 heavy (non-hydrogen) atoms. The molecule has 0 aliphatic carbocycles. The van der Waals surface area contributed by atoms with E-state index in [0.717, 1.165) is 10.2 Å². The van der Waals surface area contributed by atoms with E-state index < -0.39 is 5.91 Å². The Labute approximate surface area is 149 Å². The second-order valence-electron chi connectivity index (χ2n) is 5.55. The molecule has 0 saturated carbocycles. The molecule has 0 spiro atoms. The molecule has 0 fully saturated rings. The highest BCUT2D eigenvalue weighted by molar-refractivity contribution is 6.30. The van der Waals surface area contributed by atoms with Gasteiger partial charge in [-0.25, -0.2) is 9.66 Å². The lowest BCUT2D eigenvalue weighted by Gasteiger charge is -2.13. The number of benzene rings is 2. The molecular weight excluding hydrogens is 342 g/mol. The molecule has 0 aliphatic heterocycles. The van der Waals surface area contributed by atoms with Gasteiger partial charge in [-0.15, -0.1) is 0 Å². The van der Waals surface area contributed by atoms with Crippen molar-refractivity contribution in [3.63, 3.8) is 0 Å². The van der Waals surface area contributed by atoms with Crippen LogP contribution in [-0.2, 0) is 4.79 Å². The second-order valence-corrected chi connectivity index (χ2v) is 5.99. The highest BCUT2D eigenvalue weighted by Crippen LogP contribution is 2.21. The summed E-state index contributed by atoms with van der Waals surface area (Å²) < 4.78 is 6.61. The molecule has 1 N–H and O–H groups in total. The van der Waals surface area contributed by atoms with Gasteiger partial charge >= 0.3 is 0 Å². The molecule has 0 aliphatic rings. The number of hydrogen-bond donors (Lipinski definition) is 1. The summed E-state index contributed by atoms with van der Waals surface area (Å²) in [7, 11) is 0. The fourth-order valence-electron chi connectivity index (χ4n) is 2.45. The van der Waals surface area contributed by atoms with E-state index in [-0.39, 0.29) is 12.2 Å². The Morgan fingerprint density at radius 2 is 2.00 bits per heavy atom. The third-order valence-electron chi connectivity index (χ3n) is 3.68. The number of nitrogens with one attached hydrogen (secondary N) is 1. The minimum absolute atomic E-state index is 0.235. The number of rotatable bonds is 4. The zero-order chi connectivity index (χ0) is 18.0. The number of nitrogens with zero attached hydrogens (tertiary/aromatic N) is 2. The molecule has 1 heterocycles. The number of para-hydroxylation sites is 1. The van der Waals surface area contributed by atoms with Gasteiger partial charge in [-0.2, -0.15) is 0 Å². The van der Waals surface area contributed by atoms with Gasteiger partial charge < -0.3 is 4.74 Å². The van der Waals surface area contributed by atoms with Gasteiger partial charge in [-0.1, -0.05) is 23.7 Å². The van der Waals surface area contributed by atoms with Crippen molar-refractivity contribution in [1.82, 2.24) is 9.66 Å². The number of aryl methyl sites for hydroxylation is 2. The molecule has 0 atom stereocenters. The number of hydrogen-bond acceptors (Lipinski definition) is 4. The second kappa shape index (κ2) is 6.94. The lowest BCUT2D eigenvalue weighted by molar-refractivity contribution is -0.119. The number of fused-ring (bicyclic) bond motifs is 1. The topological polar surface area (TPSA) is 73.2 Å². The van der Waals surface area contributed by atoms with Crippen molar-refractivity contribution in [2.75, 3.05) is 12.0 Å². The predicted octanol–water partition coefficient (Wildman–Crippen LogP) is 2.82. The highest BCUT2D eigenvalue weighted by atomic mass is 35.5. The predicted molar refractivity (Wildman–Crippen MR) is 96.8 cm³/mol. The largest absolute Gasteiger partial charge is 0.483 e. The van der Waals surface area contributed by atoms with Crippen molar-refractivity contribution in [2.24, 2.45) is 0 Å². The summed E-state index contributed by atoms with van der Waals surface area (Å²) in [5.74, 6) is 0.483. The Morgan fingerprint density at radius 3 is 2.76 bits per heavy atom. The summed E-state index contributed by atoms with van der Waals surface area (Å²) in [4.78, 5) is 29.0. The molecule has 3 rings (SSSR count). The molecule has 1 aromatic heterocycles. The first kappa shape index (κ1) is 17.0. The van der Waals surface area contributed by atoms with Crippen LogP contribution in [0.15, 0.2) is 47.3 Å². The van der Waals surface area contributed by atoms with Crippen LogP contribution in [0.4, 0.5) is 0 Å². The Morgan fingerprint density at radius 1 is 1.24 bits per heavy atom. The summed E-state index contributed by atoms with van der Waals surface area (Å²) in [5, 5.41) is 1.03. The number of carbonyl (C=O) groups excluding carboxylic acids is 1. The Bertz CT molecular complexity index is 1010. The molecule has 3 aromatic rings. The third-order valence-corrected chi connectivity index (χ3v) is 3.91. The van der Waals surface area contributed by atoms with E-state index in [0.29, 0.717) is 27.5 Å². The van der Waals surface area contributed by atoms with Crippen LogP contribution < -0.4 is 15.7 Å². The smallest absolute Gasteiger partial charge is 0.280 e. The van der Waals surface area contributed by atoms with Gasteiger partial charge in [0.25, 0.3) is 11.5 Å². The molecule has 6 nitrogen and oxygen atoms in total. The molecule has 0 saturated heterocycles. The van der Waals surface area contributed by atoms with Crippen molar-refractivity contribution >= 4 is 28.4 Å². The zero-order valence-corrected chi connectivity index (χ0v) is 14.5. The highest BCUT2D eigenvalue weighted by Gasteiger charge is 2.11. The van der Waals surface area contributed by atoms with Crippen LogP contribution in [0, 0.1) is 13.8 Å². The van der Waals surface area contributed by atoms with Crippen molar-refractivity contribution < 1.29 is 9.53 Å². The van der Waals surface area contributed by atoms with Crippen molar-refractivity contribution in [1.29, 1.82) is 0 Å². The summed E-state index contributed by atoms with van der Waals surface area (Å²) in [6.45, 7) is 3.25. The molecule has 128 valence electrons. The van der Waals surface area contributed by atoms with E-state index >= 15 is 0 Å². The molecule has 7 heteroatoms. The first-order valence-corrected chi connectivity index (χ1v) is 8.00. The van der Waals surface area contributed by atoms with E-state index in [2.05, 4.69) is 10.4 Å². The number of halogens is 1. The van der Waals surface area contributed by atoms with Gasteiger partial charge in [0, 0.05) is 5.02 Å². The van der Waals surface area contributed by atoms with Gasteiger partial charge in [0.05, 0.1) is 10.9 Å². The first-order valence-electron chi connectivity index (χ1n) is 7.63. The fraction of sp³-hybridized carbons (Fsp3) is 0.167. The molecule has 0 bridgehead atoms. The van der Waals surface area contributed by atoms with Gasteiger partial charge in [-0.05, 0) is 49.7 Å². The van der Waals surface area contributed by atoms with Crippen LogP contribution in [0.25, 0.3) is 10.9 Å². The zero-order valence-electron chi connectivity index (χ0n) is 13.7. The summed E-state index contributed by atoms with van der Waals surface area (Å²) in [6.07, 6.45) is 0. The maximum atomic E-state index is 12.5. The lowest BCUT2D eigenvalue weighted by Crippen LogP contribution is -2.37. The Kier molecular flexibility index (Phi) is 4.72. The molecule has 0 unspecified atom stereocenters. The van der Waals surface area contributed by atoms with Crippen molar-refractivity contribution in [3.05, 3.63) is 69.2 Å². The number of carbonyl (C=O) groups is 1. The lowest BCUT2D eigenvalue weighted by atomic mass is 10.2. The van der Waals surface area contributed by atoms with Gasteiger partial charge in [0.15, 0.2) is 6.61 Å². The van der Waals surface area contributed by atoms with Gasteiger partial charge in [0.2, 0.25) is 0 Å². The maximum Gasteiger partial charge on any atom is 0.280 e. The Hall–Kier alpha value is -2.86. The first-order chi connectivity index (χ1) is 12.0. The quantitative estimate of drug-likeness (QED) is 0.779. The van der Waals surface area contributed by atoms with Crippen molar-refractivity contribution in [2.45, 2.75) is 13.8 Å². The van der Waals surface area contributed by atoms with Crippen LogP contribution >= 0.6 is 11.6 Å².